The summed E-state index contributed by atoms with van der Waals surface area (Å²) in [6, 6.07) is 23.1. The average Bonchev–Trinajstić information content (AvgIpc) is 3.27. The van der Waals surface area contributed by atoms with Gasteiger partial charge in [-0.05, 0) is 54.8 Å². The van der Waals surface area contributed by atoms with E-state index in [0.29, 0.717) is 20.9 Å². The van der Waals surface area contributed by atoms with Crippen molar-refractivity contribution >= 4 is 45.5 Å². The molecule has 0 bridgehead atoms. The lowest BCUT2D eigenvalue weighted by molar-refractivity contribution is -0.115. The number of hydrogen-bond donors (Lipinski definition) is 2. The molecule has 1 atom stereocenters. The Morgan fingerprint density at radius 3 is 2.52 bits per heavy atom. The number of nitrogens with one attached hydrogen (secondary N) is 2. The molecule has 0 radical (unpaired) electrons. The molecule has 1 heterocycles. The number of carbonyl (C=O) groups is 1. The van der Waals surface area contributed by atoms with Crippen LogP contribution in [0.15, 0.2) is 77.1 Å². The zero-order valence-electron chi connectivity index (χ0n) is 18.5. The van der Waals surface area contributed by atoms with Crippen LogP contribution in [0.25, 0.3) is 0 Å². The minimum Gasteiger partial charge on any atom is -0.497 e. The molecule has 0 aliphatic carbocycles. The highest BCUT2D eigenvalue weighted by Gasteiger charge is 2.24. The molecule has 4 aromatic rings. The molecule has 0 saturated heterocycles. The van der Waals surface area contributed by atoms with E-state index in [4.69, 9.17) is 4.74 Å². The second-order valence-corrected chi connectivity index (χ2v) is 9.76. The highest BCUT2D eigenvalue weighted by molar-refractivity contribution is 8.02. The van der Waals surface area contributed by atoms with E-state index in [-0.39, 0.29) is 5.91 Å². The molecule has 2 N–H and O–H groups in total. The van der Waals surface area contributed by atoms with Gasteiger partial charge in [0.2, 0.25) is 11.0 Å². The zero-order chi connectivity index (χ0) is 23.2. The van der Waals surface area contributed by atoms with Crippen LogP contribution in [0, 0.1) is 13.8 Å². The van der Waals surface area contributed by atoms with Crippen LogP contribution in [0.2, 0.25) is 0 Å². The van der Waals surface area contributed by atoms with Crippen LogP contribution in [-0.4, -0.2) is 23.2 Å². The Balaban J connectivity index is 1.52. The second-order valence-electron chi connectivity index (χ2n) is 7.43. The third-order valence-corrected chi connectivity index (χ3v) is 7.24. The molecule has 4 rings (SSSR count). The number of aryl methyl sites for hydroxylation is 2. The zero-order valence-corrected chi connectivity index (χ0v) is 20.2. The van der Waals surface area contributed by atoms with Gasteiger partial charge in [0.1, 0.15) is 11.0 Å². The number of anilines is 3. The first-order chi connectivity index (χ1) is 16.0. The summed E-state index contributed by atoms with van der Waals surface area (Å²) in [5, 5.41) is 15.1. The normalized spacial score (nSPS) is 11.6. The number of amides is 1. The van der Waals surface area contributed by atoms with Crippen LogP contribution in [0.5, 0.6) is 5.75 Å². The first-order valence-corrected chi connectivity index (χ1v) is 12.1. The van der Waals surface area contributed by atoms with Crippen molar-refractivity contribution in [3.63, 3.8) is 0 Å². The number of benzene rings is 3. The Bertz CT molecular complexity index is 1240. The Morgan fingerprint density at radius 1 is 0.939 bits per heavy atom. The van der Waals surface area contributed by atoms with Crippen LogP contribution in [0.1, 0.15) is 21.9 Å². The van der Waals surface area contributed by atoms with E-state index in [9.17, 15) is 4.79 Å². The van der Waals surface area contributed by atoms with Gasteiger partial charge in [0, 0.05) is 17.4 Å². The van der Waals surface area contributed by atoms with Gasteiger partial charge in [-0.2, -0.15) is 0 Å². The van der Waals surface area contributed by atoms with E-state index in [0.717, 1.165) is 11.3 Å². The minimum atomic E-state index is -0.486. The van der Waals surface area contributed by atoms with Crippen molar-refractivity contribution in [1.29, 1.82) is 0 Å². The van der Waals surface area contributed by atoms with E-state index < -0.39 is 5.25 Å². The summed E-state index contributed by atoms with van der Waals surface area (Å²) in [7, 11) is 1.60. The van der Waals surface area contributed by atoms with Gasteiger partial charge in [0.25, 0.3) is 0 Å². The average molecular weight is 477 g/mol. The van der Waals surface area contributed by atoms with E-state index in [1.54, 1.807) is 13.2 Å². The standard InChI is InChI=1S/C25H24N4O2S2/c1-16-12-13-20(14-17(16)2)27-24-28-29-25(33-24)32-22(18-8-5-4-6-9-18)23(30)26-19-10-7-11-21(15-19)31-3/h4-15,22H,1-3H3,(H,26,30)(H,27,28). The second kappa shape index (κ2) is 10.5. The van der Waals surface area contributed by atoms with Crippen molar-refractivity contribution in [3.8, 4) is 5.75 Å². The highest BCUT2D eigenvalue weighted by Crippen LogP contribution is 2.39. The predicted octanol–water partition coefficient (Wildman–Crippen LogP) is 6.38. The number of aromatic nitrogens is 2. The number of rotatable bonds is 8. The van der Waals surface area contributed by atoms with Gasteiger partial charge in [0.05, 0.1) is 7.11 Å². The van der Waals surface area contributed by atoms with Crippen molar-refractivity contribution in [3.05, 3.63) is 89.5 Å². The molecule has 168 valence electrons. The van der Waals surface area contributed by atoms with Crippen LogP contribution in [0.3, 0.4) is 0 Å². The quantitative estimate of drug-likeness (QED) is 0.287. The molecule has 0 aliphatic heterocycles. The number of ether oxygens (including phenoxy) is 1. The lowest BCUT2D eigenvalue weighted by atomic mass is 10.1. The molecule has 6 nitrogen and oxygen atoms in total. The summed E-state index contributed by atoms with van der Waals surface area (Å²) in [5.74, 6) is 0.543. The van der Waals surface area contributed by atoms with Crippen molar-refractivity contribution < 1.29 is 9.53 Å². The topological polar surface area (TPSA) is 76.1 Å². The maximum atomic E-state index is 13.3. The molecule has 8 heteroatoms. The number of nitrogens with zero attached hydrogens (tertiary/aromatic N) is 2. The summed E-state index contributed by atoms with van der Waals surface area (Å²) in [6.45, 7) is 4.16. The number of thioether (sulfide) groups is 1. The molecule has 0 aliphatic rings. The van der Waals surface area contributed by atoms with E-state index in [2.05, 4.69) is 46.8 Å². The fraction of sp³-hybridized carbons (Fsp3) is 0.160. The molecular weight excluding hydrogens is 452 g/mol. The Hall–Kier alpha value is -3.36. The number of methoxy groups -OCH3 is 1. The Kier molecular flexibility index (Phi) is 7.26. The third kappa shape index (κ3) is 5.91. The molecule has 3 aromatic carbocycles. The third-order valence-electron chi connectivity index (χ3n) is 5.06. The van der Waals surface area contributed by atoms with E-state index in [1.807, 2.05) is 54.6 Å². The lowest BCUT2D eigenvalue weighted by Gasteiger charge is -2.16. The van der Waals surface area contributed by atoms with Crippen molar-refractivity contribution in [1.82, 2.24) is 10.2 Å². The largest absolute Gasteiger partial charge is 0.497 e. The fourth-order valence-electron chi connectivity index (χ4n) is 3.16. The molecule has 0 spiro atoms. The smallest absolute Gasteiger partial charge is 0.242 e. The van der Waals surface area contributed by atoms with Gasteiger partial charge in [-0.1, -0.05) is 65.6 Å². The summed E-state index contributed by atoms with van der Waals surface area (Å²) in [4.78, 5) is 13.3. The molecule has 33 heavy (non-hydrogen) atoms. The Morgan fingerprint density at radius 2 is 1.76 bits per heavy atom. The monoisotopic (exact) mass is 476 g/mol. The van der Waals surface area contributed by atoms with Crippen LogP contribution in [-0.2, 0) is 4.79 Å². The molecule has 1 aromatic heterocycles. The van der Waals surface area contributed by atoms with Gasteiger partial charge in [0.15, 0.2) is 4.34 Å². The van der Waals surface area contributed by atoms with Gasteiger partial charge < -0.3 is 15.4 Å². The molecular formula is C25H24N4O2S2. The van der Waals surface area contributed by atoms with E-state index in [1.165, 1.54) is 34.2 Å². The lowest BCUT2D eigenvalue weighted by Crippen LogP contribution is -2.19. The first-order valence-electron chi connectivity index (χ1n) is 10.4. The summed E-state index contributed by atoms with van der Waals surface area (Å²) in [6.07, 6.45) is 0. The summed E-state index contributed by atoms with van der Waals surface area (Å²) in [5.41, 5.74) is 4.97. The van der Waals surface area contributed by atoms with Gasteiger partial charge in [-0.25, -0.2) is 0 Å². The van der Waals surface area contributed by atoms with Crippen LogP contribution < -0.4 is 15.4 Å². The van der Waals surface area contributed by atoms with Gasteiger partial charge >= 0.3 is 0 Å². The van der Waals surface area contributed by atoms with Gasteiger partial charge in [-0.3, -0.25) is 4.79 Å². The first kappa shape index (κ1) is 22.8. The van der Waals surface area contributed by atoms with Crippen molar-refractivity contribution in [2.75, 3.05) is 17.7 Å². The SMILES string of the molecule is COc1cccc(NC(=O)C(Sc2nnc(Nc3ccc(C)c(C)c3)s2)c2ccccc2)c1. The highest BCUT2D eigenvalue weighted by atomic mass is 32.2. The van der Waals surface area contributed by atoms with Crippen molar-refractivity contribution in [2.24, 2.45) is 0 Å². The maximum Gasteiger partial charge on any atom is 0.242 e. The maximum absolute atomic E-state index is 13.3. The molecule has 1 amide bonds. The summed E-state index contributed by atoms with van der Waals surface area (Å²) >= 11 is 2.80. The van der Waals surface area contributed by atoms with E-state index >= 15 is 0 Å². The number of carbonyl (C=O) groups excluding carboxylic acids is 1. The van der Waals surface area contributed by atoms with Gasteiger partial charge in [-0.15, -0.1) is 10.2 Å². The Labute approximate surface area is 201 Å². The van der Waals surface area contributed by atoms with Crippen LogP contribution in [0.4, 0.5) is 16.5 Å². The summed E-state index contributed by atoms with van der Waals surface area (Å²) < 4.78 is 5.97. The molecule has 1 unspecified atom stereocenters. The van der Waals surface area contributed by atoms with Crippen LogP contribution >= 0.6 is 23.1 Å². The number of hydrogen-bond acceptors (Lipinski definition) is 7. The molecule has 0 saturated carbocycles. The predicted molar refractivity (Wildman–Crippen MR) is 136 cm³/mol. The minimum absolute atomic E-state index is 0.140. The van der Waals surface area contributed by atoms with Crippen molar-refractivity contribution in [2.45, 2.75) is 23.4 Å². The molecule has 0 fully saturated rings. The fourth-order valence-corrected chi connectivity index (χ4v) is 5.13.